The fraction of sp³-hybridized carbons (Fsp3) is 0.571. The summed E-state index contributed by atoms with van der Waals surface area (Å²) in [6.07, 6.45) is 0. The highest BCUT2D eigenvalue weighted by atomic mass is 16.5. The number of morpholine rings is 1. The largest absolute Gasteiger partial charge is 0.379 e. The molecule has 0 aromatic heterocycles. The zero-order valence-electron chi connectivity index (χ0n) is 10.7. The second-order valence-corrected chi connectivity index (χ2v) is 4.65. The van der Waals surface area contributed by atoms with Gasteiger partial charge in [-0.2, -0.15) is 0 Å². The van der Waals surface area contributed by atoms with Crippen molar-refractivity contribution < 1.29 is 4.74 Å². The second kappa shape index (κ2) is 6.15. The molecule has 3 nitrogen and oxygen atoms in total. The molecule has 17 heavy (non-hydrogen) atoms. The fourth-order valence-corrected chi connectivity index (χ4v) is 2.50. The van der Waals surface area contributed by atoms with Crippen molar-refractivity contribution in [3.8, 4) is 0 Å². The molecule has 0 amide bonds. The summed E-state index contributed by atoms with van der Waals surface area (Å²) in [7, 11) is 2.01. The minimum Gasteiger partial charge on any atom is -0.379 e. The number of nitrogens with zero attached hydrogens (tertiary/aromatic N) is 1. The van der Waals surface area contributed by atoms with Crippen molar-refractivity contribution in [2.45, 2.75) is 19.0 Å². The van der Waals surface area contributed by atoms with Gasteiger partial charge in [0.15, 0.2) is 0 Å². The van der Waals surface area contributed by atoms with E-state index >= 15 is 0 Å². The minimum atomic E-state index is 0.445. The SMILES string of the molecule is CNCC(c1ccccc1)N1CCOCC1C. The Labute approximate surface area is 104 Å². The van der Waals surface area contributed by atoms with E-state index in [0.29, 0.717) is 12.1 Å². The number of likely N-dealkylation sites (N-methyl/N-ethyl adjacent to an activating group) is 1. The molecular weight excluding hydrogens is 212 g/mol. The van der Waals surface area contributed by atoms with Crippen LogP contribution in [0.3, 0.4) is 0 Å². The molecule has 0 radical (unpaired) electrons. The van der Waals surface area contributed by atoms with Crippen molar-refractivity contribution in [2.24, 2.45) is 0 Å². The van der Waals surface area contributed by atoms with E-state index in [1.165, 1.54) is 5.56 Å². The van der Waals surface area contributed by atoms with Gasteiger partial charge in [0.25, 0.3) is 0 Å². The van der Waals surface area contributed by atoms with E-state index in [9.17, 15) is 0 Å². The van der Waals surface area contributed by atoms with Crippen molar-refractivity contribution in [1.29, 1.82) is 0 Å². The number of hydrogen-bond donors (Lipinski definition) is 1. The predicted molar refractivity (Wildman–Crippen MR) is 70.1 cm³/mol. The fourth-order valence-electron chi connectivity index (χ4n) is 2.50. The van der Waals surface area contributed by atoms with Crippen LogP contribution in [0.2, 0.25) is 0 Å². The van der Waals surface area contributed by atoms with Gasteiger partial charge in [0.05, 0.1) is 13.2 Å². The molecule has 2 rings (SSSR count). The maximum absolute atomic E-state index is 5.51. The maximum Gasteiger partial charge on any atom is 0.0620 e. The van der Waals surface area contributed by atoms with E-state index in [4.69, 9.17) is 4.74 Å². The Kier molecular flexibility index (Phi) is 4.54. The lowest BCUT2D eigenvalue weighted by Gasteiger charge is -2.39. The Balaban J connectivity index is 2.16. The monoisotopic (exact) mass is 234 g/mol. The van der Waals surface area contributed by atoms with Crippen LogP contribution in [0, 0.1) is 0 Å². The second-order valence-electron chi connectivity index (χ2n) is 4.65. The van der Waals surface area contributed by atoms with Gasteiger partial charge >= 0.3 is 0 Å². The Hall–Kier alpha value is -0.900. The molecule has 1 aliphatic rings. The van der Waals surface area contributed by atoms with Gasteiger partial charge in [0.1, 0.15) is 0 Å². The van der Waals surface area contributed by atoms with E-state index in [0.717, 1.165) is 26.3 Å². The van der Waals surface area contributed by atoms with Crippen LogP contribution in [0.1, 0.15) is 18.5 Å². The third kappa shape index (κ3) is 3.06. The highest BCUT2D eigenvalue weighted by Crippen LogP contribution is 2.23. The number of hydrogen-bond acceptors (Lipinski definition) is 3. The third-order valence-corrected chi connectivity index (χ3v) is 3.40. The average molecular weight is 234 g/mol. The van der Waals surface area contributed by atoms with E-state index in [1.54, 1.807) is 0 Å². The van der Waals surface area contributed by atoms with Crippen LogP contribution in [0.25, 0.3) is 0 Å². The van der Waals surface area contributed by atoms with Crippen LogP contribution < -0.4 is 5.32 Å². The highest BCUT2D eigenvalue weighted by Gasteiger charge is 2.26. The lowest BCUT2D eigenvalue weighted by molar-refractivity contribution is -0.0222. The van der Waals surface area contributed by atoms with Crippen molar-refractivity contribution in [3.63, 3.8) is 0 Å². The Morgan fingerprint density at radius 2 is 2.18 bits per heavy atom. The summed E-state index contributed by atoms with van der Waals surface area (Å²) in [5.41, 5.74) is 1.38. The first-order chi connectivity index (χ1) is 8.33. The standard InChI is InChI=1S/C14H22N2O/c1-12-11-17-9-8-16(12)14(10-15-2)13-6-4-3-5-7-13/h3-7,12,14-15H,8-11H2,1-2H3. The Morgan fingerprint density at radius 1 is 1.41 bits per heavy atom. The molecule has 0 bridgehead atoms. The summed E-state index contributed by atoms with van der Waals surface area (Å²) < 4.78 is 5.51. The van der Waals surface area contributed by atoms with Gasteiger partial charge in [-0.1, -0.05) is 30.3 Å². The molecule has 1 N–H and O–H groups in total. The Morgan fingerprint density at radius 3 is 2.82 bits per heavy atom. The molecule has 2 atom stereocenters. The van der Waals surface area contributed by atoms with Crippen LogP contribution in [0.15, 0.2) is 30.3 Å². The van der Waals surface area contributed by atoms with Gasteiger partial charge in [-0.15, -0.1) is 0 Å². The van der Waals surface area contributed by atoms with Crippen LogP contribution in [-0.2, 0) is 4.74 Å². The van der Waals surface area contributed by atoms with Crippen molar-refractivity contribution in [3.05, 3.63) is 35.9 Å². The first kappa shape index (κ1) is 12.6. The van der Waals surface area contributed by atoms with Gasteiger partial charge in [-0.3, -0.25) is 4.90 Å². The molecule has 3 heteroatoms. The highest BCUT2D eigenvalue weighted by molar-refractivity contribution is 5.19. The molecule has 1 aromatic rings. The smallest absolute Gasteiger partial charge is 0.0620 e. The van der Waals surface area contributed by atoms with E-state index < -0.39 is 0 Å². The number of rotatable bonds is 4. The van der Waals surface area contributed by atoms with Gasteiger partial charge in [0, 0.05) is 25.2 Å². The Bertz CT molecular complexity index is 328. The normalized spacial score (nSPS) is 23.5. The maximum atomic E-state index is 5.51. The van der Waals surface area contributed by atoms with Crippen LogP contribution >= 0.6 is 0 Å². The lowest BCUT2D eigenvalue weighted by atomic mass is 10.0. The number of ether oxygens (including phenoxy) is 1. The molecule has 1 heterocycles. The minimum absolute atomic E-state index is 0.445. The zero-order valence-corrected chi connectivity index (χ0v) is 10.7. The summed E-state index contributed by atoms with van der Waals surface area (Å²) in [6.45, 7) is 5.92. The van der Waals surface area contributed by atoms with Crippen molar-refractivity contribution in [2.75, 3.05) is 33.4 Å². The van der Waals surface area contributed by atoms with Crippen LogP contribution in [0.4, 0.5) is 0 Å². The van der Waals surface area contributed by atoms with Crippen molar-refractivity contribution >= 4 is 0 Å². The summed E-state index contributed by atoms with van der Waals surface area (Å²) in [5.74, 6) is 0. The van der Waals surface area contributed by atoms with E-state index in [-0.39, 0.29) is 0 Å². The molecule has 94 valence electrons. The van der Waals surface area contributed by atoms with Gasteiger partial charge in [-0.05, 0) is 19.5 Å². The first-order valence-electron chi connectivity index (χ1n) is 6.36. The lowest BCUT2D eigenvalue weighted by Crippen LogP contribution is -2.47. The number of benzene rings is 1. The third-order valence-electron chi connectivity index (χ3n) is 3.40. The van der Waals surface area contributed by atoms with Gasteiger partial charge in [0.2, 0.25) is 0 Å². The molecule has 1 aromatic carbocycles. The molecule has 1 saturated heterocycles. The molecule has 0 saturated carbocycles. The van der Waals surface area contributed by atoms with E-state index in [2.05, 4.69) is 47.5 Å². The average Bonchev–Trinajstić information content (AvgIpc) is 2.38. The quantitative estimate of drug-likeness (QED) is 0.857. The number of nitrogens with one attached hydrogen (secondary N) is 1. The van der Waals surface area contributed by atoms with Gasteiger partial charge < -0.3 is 10.1 Å². The van der Waals surface area contributed by atoms with E-state index in [1.807, 2.05) is 7.05 Å². The molecule has 2 unspecified atom stereocenters. The van der Waals surface area contributed by atoms with Crippen LogP contribution in [0.5, 0.6) is 0 Å². The molecule has 1 fully saturated rings. The predicted octanol–water partition coefficient (Wildman–Crippen LogP) is 1.67. The summed E-state index contributed by atoms with van der Waals surface area (Å²) >= 11 is 0. The molecule has 0 spiro atoms. The summed E-state index contributed by atoms with van der Waals surface area (Å²) in [5, 5.41) is 3.30. The van der Waals surface area contributed by atoms with Gasteiger partial charge in [-0.25, -0.2) is 0 Å². The zero-order chi connectivity index (χ0) is 12.1. The van der Waals surface area contributed by atoms with Crippen molar-refractivity contribution in [1.82, 2.24) is 10.2 Å². The molecule has 0 aliphatic carbocycles. The summed E-state index contributed by atoms with van der Waals surface area (Å²) in [4.78, 5) is 2.54. The summed E-state index contributed by atoms with van der Waals surface area (Å²) in [6, 6.07) is 11.7. The molecule has 1 aliphatic heterocycles. The topological polar surface area (TPSA) is 24.5 Å². The first-order valence-corrected chi connectivity index (χ1v) is 6.36. The molecular formula is C14H22N2O. The van der Waals surface area contributed by atoms with Crippen LogP contribution in [-0.4, -0.2) is 44.3 Å².